The molecule has 7 nitrogen and oxygen atoms in total. The summed E-state index contributed by atoms with van der Waals surface area (Å²) in [4.78, 5) is 16.1. The Morgan fingerprint density at radius 2 is 1.81 bits per heavy atom. The van der Waals surface area contributed by atoms with E-state index in [1.807, 2.05) is 0 Å². The maximum absolute atomic E-state index is 12.9. The van der Waals surface area contributed by atoms with Gasteiger partial charge >= 0.3 is 5.97 Å². The van der Waals surface area contributed by atoms with Crippen LogP contribution < -0.4 is 9.46 Å². The molecule has 8 heteroatoms. The van der Waals surface area contributed by atoms with E-state index in [0.717, 1.165) is 0 Å². The van der Waals surface area contributed by atoms with E-state index in [0.29, 0.717) is 16.7 Å². The third-order valence-corrected chi connectivity index (χ3v) is 5.20. The first kappa shape index (κ1) is 17.7. The second kappa shape index (κ2) is 7.01. The van der Waals surface area contributed by atoms with Gasteiger partial charge in [-0.1, -0.05) is 12.1 Å². The summed E-state index contributed by atoms with van der Waals surface area (Å²) in [5.41, 5.74) is 0.681. The molecule has 1 heterocycles. The lowest BCUT2D eigenvalue weighted by molar-refractivity contribution is 0.0602. The van der Waals surface area contributed by atoms with Gasteiger partial charge in [-0.05, 0) is 36.4 Å². The number of sulfonamides is 1. The van der Waals surface area contributed by atoms with Crippen molar-refractivity contribution in [2.75, 3.05) is 18.9 Å². The zero-order chi connectivity index (χ0) is 18.7. The molecule has 1 aromatic heterocycles. The summed E-state index contributed by atoms with van der Waals surface area (Å²) in [7, 11) is -1.26. The van der Waals surface area contributed by atoms with Gasteiger partial charge in [-0.25, -0.2) is 13.2 Å². The van der Waals surface area contributed by atoms with E-state index in [1.165, 1.54) is 38.5 Å². The number of anilines is 1. The minimum atomic E-state index is -3.98. The Morgan fingerprint density at radius 3 is 2.54 bits per heavy atom. The van der Waals surface area contributed by atoms with Crippen LogP contribution in [0.15, 0.2) is 59.6 Å². The highest BCUT2D eigenvalue weighted by Crippen LogP contribution is 2.30. The number of nitrogens with one attached hydrogen (secondary N) is 1. The third-order valence-electron chi connectivity index (χ3n) is 3.78. The van der Waals surface area contributed by atoms with Crippen LogP contribution in [0.2, 0.25) is 0 Å². The van der Waals surface area contributed by atoms with Gasteiger partial charge in [0.05, 0.1) is 30.4 Å². The highest BCUT2D eigenvalue weighted by molar-refractivity contribution is 7.93. The first-order valence-corrected chi connectivity index (χ1v) is 9.08. The van der Waals surface area contributed by atoms with E-state index in [1.54, 1.807) is 30.5 Å². The zero-order valence-electron chi connectivity index (χ0n) is 14.1. The summed E-state index contributed by atoms with van der Waals surface area (Å²) >= 11 is 0. The van der Waals surface area contributed by atoms with Gasteiger partial charge in [0.15, 0.2) is 0 Å². The lowest BCUT2D eigenvalue weighted by atomic mass is 10.2. The molecule has 1 N–H and O–H groups in total. The summed E-state index contributed by atoms with van der Waals surface area (Å²) in [6.07, 6.45) is 1.56. The van der Waals surface area contributed by atoms with E-state index >= 15 is 0 Å². The standard InChI is InChI=1S/C18H16N2O5S/c1-24-15-9-10-16(13-7-5-11-19-17(13)15)26(22,23)20-14-8-4-3-6-12(14)18(21)25-2/h3-11,20H,1-2H3. The number of carbonyl (C=O) groups is 1. The molecule has 3 rings (SSSR count). The maximum Gasteiger partial charge on any atom is 0.339 e. The van der Waals surface area contributed by atoms with Crippen LogP contribution in [0.25, 0.3) is 10.9 Å². The smallest absolute Gasteiger partial charge is 0.339 e. The molecule has 0 fully saturated rings. The average Bonchev–Trinajstić information content (AvgIpc) is 2.66. The molecule has 0 amide bonds. The molecule has 2 aromatic carbocycles. The number of methoxy groups -OCH3 is 2. The molecule has 0 aliphatic heterocycles. The Bertz CT molecular complexity index is 1080. The number of hydrogen-bond donors (Lipinski definition) is 1. The number of nitrogens with zero attached hydrogens (tertiary/aromatic N) is 1. The predicted molar refractivity (Wildman–Crippen MR) is 96.9 cm³/mol. The van der Waals surface area contributed by atoms with Crippen molar-refractivity contribution in [3.8, 4) is 5.75 Å². The average molecular weight is 372 g/mol. The van der Waals surface area contributed by atoms with Gasteiger partial charge in [-0.15, -0.1) is 0 Å². The van der Waals surface area contributed by atoms with Crippen LogP contribution in [0.4, 0.5) is 5.69 Å². The van der Waals surface area contributed by atoms with Crippen LogP contribution in [-0.2, 0) is 14.8 Å². The second-order valence-corrected chi connectivity index (χ2v) is 6.96. The number of rotatable bonds is 5. The van der Waals surface area contributed by atoms with Crippen molar-refractivity contribution in [3.05, 3.63) is 60.3 Å². The molecule has 0 bridgehead atoms. The summed E-state index contributed by atoms with van der Waals surface area (Å²) < 4.78 is 38.3. The summed E-state index contributed by atoms with van der Waals surface area (Å²) in [5, 5.41) is 0.412. The van der Waals surface area contributed by atoms with Crippen LogP contribution in [0.3, 0.4) is 0 Å². The number of fused-ring (bicyclic) bond motifs is 1. The van der Waals surface area contributed by atoms with Crippen LogP contribution in [-0.4, -0.2) is 33.6 Å². The van der Waals surface area contributed by atoms with Gasteiger partial charge in [0.2, 0.25) is 0 Å². The number of esters is 1. The third kappa shape index (κ3) is 3.18. The Kier molecular flexibility index (Phi) is 4.77. The number of hydrogen-bond acceptors (Lipinski definition) is 6. The highest BCUT2D eigenvalue weighted by atomic mass is 32.2. The molecular formula is C18H16N2O5S. The Labute approximate surface area is 150 Å². The van der Waals surface area contributed by atoms with Crippen molar-refractivity contribution in [1.82, 2.24) is 4.98 Å². The fourth-order valence-corrected chi connectivity index (χ4v) is 3.86. The summed E-state index contributed by atoms with van der Waals surface area (Å²) in [6.45, 7) is 0. The molecule has 26 heavy (non-hydrogen) atoms. The molecular weight excluding hydrogens is 356 g/mol. The fraction of sp³-hybridized carbons (Fsp3) is 0.111. The van der Waals surface area contributed by atoms with Crippen molar-refractivity contribution in [1.29, 1.82) is 0 Å². The minimum Gasteiger partial charge on any atom is -0.494 e. The van der Waals surface area contributed by atoms with E-state index in [4.69, 9.17) is 9.47 Å². The molecule has 0 spiro atoms. The Balaban J connectivity index is 2.11. The second-order valence-electron chi connectivity index (χ2n) is 5.31. The van der Waals surface area contributed by atoms with Gasteiger partial charge in [-0.3, -0.25) is 9.71 Å². The zero-order valence-corrected chi connectivity index (χ0v) is 14.9. The van der Waals surface area contributed by atoms with E-state index in [2.05, 4.69) is 9.71 Å². The molecule has 0 radical (unpaired) electrons. The fourth-order valence-electron chi connectivity index (χ4n) is 2.58. The number of ether oxygens (including phenoxy) is 2. The van der Waals surface area contributed by atoms with E-state index in [-0.39, 0.29) is 16.1 Å². The number of para-hydroxylation sites is 1. The maximum atomic E-state index is 12.9. The van der Waals surface area contributed by atoms with Crippen LogP contribution in [0, 0.1) is 0 Å². The van der Waals surface area contributed by atoms with Crippen molar-refractivity contribution < 1.29 is 22.7 Å². The van der Waals surface area contributed by atoms with Gasteiger partial charge in [-0.2, -0.15) is 0 Å². The Hall–Kier alpha value is -3.13. The quantitative estimate of drug-likeness (QED) is 0.692. The first-order valence-electron chi connectivity index (χ1n) is 7.60. The molecule has 0 unspecified atom stereocenters. The van der Waals surface area contributed by atoms with Crippen molar-refractivity contribution in [2.45, 2.75) is 4.90 Å². The molecule has 0 aliphatic rings. The Morgan fingerprint density at radius 1 is 1.04 bits per heavy atom. The summed E-state index contributed by atoms with van der Waals surface area (Å²) in [6, 6.07) is 12.5. The largest absolute Gasteiger partial charge is 0.494 e. The van der Waals surface area contributed by atoms with Crippen LogP contribution in [0.1, 0.15) is 10.4 Å². The highest BCUT2D eigenvalue weighted by Gasteiger charge is 2.22. The van der Waals surface area contributed by atoms with Crippen molar-refractivity contribution in [3.63, 3.8) is 0 Å². The number of pyridine rings is 1. The predicted octanol–water partition coefficient (Wildman–Crippen LogP) is 2.83. The molecule has 0 saturated carbocycles. The van der Waals surface area contributed by atoms with Gasteiger partial charge in [0, 0.05) is 11.6 Å². The topological polar surface area (TPSA) is 94.6 Å². The van der Waals surface area contributed by atoms with Gasteiger partial charge in [0.1, 0.15) is 11.3 Å². The van der Waals surface area contributed by atoms with Gasteiger partial charge < -0.3 is 9.47 Å². The lowest BCUT2D eigenvalue weighted by Crippen LogP contribution is -2.16. The number of benzene rings is 2. The number of carbonyl (C=O) groups excluding carboxylic acids is 1. The molecule has 134 valence electrons. The monoisotopic (exact) mass is 372 g/mol. The molecule has 3 aromatic rings. The van der Waals surface area contributed by atoms with Crippen LogP contribution >= 0.6 is 0 Å². The lowest BCUT2D eigenvalue weighted by Gasteiger charge is -2.14. The molecule has 0 aliphatic carbocycles. The van der Waals surface area contributed by atoms with Crippen LogP contribution in [0.5, 0.6) is 5.75 Å². The molecule has 0 atom stereocenters. The molecule has 0 saturated heterocycles. The van der Waals surface area contributed by atoms with E-state index in [9.17, 15) is 13.2 Å². The van der Waals surface area contributed by atoms with E-state index < -0.39 is 16.0 Å². The normalized spacial score (nSPS) is 11.2. The van der Waals surface area contributed by atoms with Crippen molar-refractivity contribution in [2.24, 2.45) is 0 Å². The minimum absolute atomic E-state index is 0.0288. The number of aromatic nitrogens is 1. The van der Waals surface area contributed by atoms with Gasteiger partial charge in [0.25, 0.3) is 10.0 Å². The SMILES string of the molecule is COC(=O)c1ccccc1NS(=O)(=O)c1ccc(OC)c2ncccc12. The van der Waals surface area contributed by atoms with Crippen molar-refractivity contribution >= 4 is 32.6 Å². The first-order chi connectivity index (χ1) is 12.5. The summed E-state index contributed by atoms with van der Waals surface area (Å²) in [5.74, 6) is -0.168.